The molecule has 0 radical (unpaired) electrons. The summed E-state index contributed by atoms with van der Waals surface area (Å²) in [6.07, 6.45) is 4.99. The van der Waals surface area contributed by atoms with Gasteiger partial charge in [-0.05, 0) is 19.9 Å². The van der Waals surface area contributed by atoms with E-state index in [0.717, 1.165) is 0 Å². The summed E-state index contributed by atoms with van der Waals surface area (Å²) in [4.78, 5) is 14.8. The molecule has 6 heteroatoms. The number of aromatic nitrogens is 3. The summed E-state index contributed by atoms with van der Waals surface area (Å²) in [5.74, 6) is 0. The number of nitrogens with zero attached hydrogens (tertiary/aromatic N) is 4. The normalized spacial score (nSPS) is 10.5. The largest absolute Gasteiger partial charge is 0.278 e. The first-order chi connectivity index (χ1) is 8.09. The molecule has 0 aliphatic heterocycles. The Labute approximate surface area is 98.1 Å². The monoisotopic (exact) mass is 232 g/mol. The van der Waals surface area contributed by atoms with Gasteiger partial charge in [-0.2, -0.15) is 5.10 Å². The van der Waals surface area contributed by atoms with E-state index >= 15 is 0 Å². The van der Waals surface area contributed by atoms with E-state index in [-0.39, 0.29) is 10.6 Å². The molecule has 0 N–H and O–H groups in total. The molecule has 0 aliphatic rings. The summed E-state index contributed by atoms with van der Waals surface area (Å²) >= 11 is 0. The van der Waals surface area contributed by atoms with Crippen molar-refractivity contribution in [3.8, 4) is 0 Å². The van der Waals surface area contributed by atoms with Gasteiger partial charge >= 0.3 is 0 Å². The molecule has 2 rings (SSSR count). The lowest BCUT2D eigenvalue weighted by molar-refractivity contribution is -0.386. The Morgan fingerprint density at radius 2 is 2.24 bits per heavy atom. The quantitative estimate of drug-likeness (QED) is 0.598. The smallest absolute Gasteiger partial charge is 0.267 e. The molecular weight excluding hydrogens is 220 g/mol. The third-order valence-electron chi connectivity index (χ3n) is 2.63. The molecule has 0 fully saturated rings. The second-order valence-corrected chi connectivity index (χ2v) is 3.82. The zero-order valence-electron chi connectivity index (χ0n) is 9.62. The Hall–Kier alpha value is -2.24. The van der Waals surface area contributed by atoms with E-state index in [9.17, 15) is 10.1 Å². The lowest BCUT2D eigenvalue weighted by Gasteiger charge is -2.07. The van der Waals surface area contributed by atoms with E-state index in [4.69, 9.17) is 0 Å². The molecule has 17 heavy (non-hydrogen) atoms. The Kier molecular flexibility index (Phi) is 2.86. The van der Waals surface area contributed by atoms with Gasteiger partial charge in [0.25, 0.3) is 5.69 Å². The fraction of sp³-hybridized carbons (Fsp3) is 0.273. The first kappa shape index (κ1) is 11.3. The lowest BCUT2D eigenvalue weighted by Crippen LogP contribution is -2.07. The van der Waals surface area contributed by atoms with Crippen molar-refractivity contribution in [3.63, 3.8) is 0 Å². The van der Waals surface area contributed by atoms with Gasteiger partial charge in [-0.15, -0.1) is 0 Å². The van der Waals surface area contributed by atoms with Crippen molar-refractivity contribution < 1.29 is 4.92 Å². The van der Waals surface area contributed by atoms with E-state index in [0.29, 0.717) is 23.4 Å². The molecule has 0 atom stereocenters. The van der Waals surface area contributed by atoms with Crippen LogP contribution in [0.2, 0.25) is 0 Å². The van der Waals surface area contributed by atoms with E-state index in [1.807, 2.05) is 0 Å². The fourth-order valence-electron chi connectivity index (χ4n) is 1.75. The number of aryl methyl sites for hydroxylation is 1. The molecule has 0 bridgehead atoms. The molecule has 6 nitrogen and oxygen atoms in total. The first-order valence-corrected chi connectivity index (χ1v) is 5.16. The van der Waals surface area contributed by atoms with Crippen LogP contribution in [0.3, 0.4) is 0 Å². The second kappa shape index (κ2) is 4.32. The zero-order valence-corrected chi connectivity index (χ0v) is 9.62. The van der Waals surface area contributed by atoms with E-state index < -0.39 is 0 Å². The minimum Gasteiger partial charge on any atom is -0.267 e. The lowest BCUT2D eigenvalue weighted by atomic mass is 10.1. The average Bonchev–Trinajstić information content (AvgIpc) is 2.74. The molecule has 0 amide bonds. The van der Waals surface area contributed by atoms with Gasteiger partial charge in [0.05, 0.1) is 22.7 Å². The van der Waals surface area contributed by atoms with Crippen LogP contribution in [0.5, 0.6) is 0 Å². The Morgan fingerprint density at radius 3 is 2.82 bits per heavy atom. The first-order valence-electron chi connectivity index (χ1n) is 5.16. The maximum Gasteiger partial charge on any atom is 0.278 e. The Balaban J connectivity index is 2.42. The van der Waals surface area contributed by atoms with E-state index in [2.05, 4.69) is 10.1 Å². The van der Waals surface area contributed by atoms with Crippen LogP contribution >= 0.6 is 0 Å². The maximum absolute atomic E-state index is 11.0. The highest BCUT2D eigenvalue weighted by atomic mass is 16.6. The average molecular weight is 232 g/mol. The van der Waals surface area contributed by atoms with E-state index in [1.54, 1.807) is 37.0 Å². The van der Waals surface area contributed by atoms with Gasteiger partial charge in [0.15, 0.2) is 0 Å². The van der Waals surface area contributed by atoms with Crippen LogP contribution in [-0.4, -0.2) is 19.7 Å². The number of hydrogen-bond acceptors (Lipinski definition) is 4. The predicted molar refractivity (Wildman–Crippen MR) is 61.7 cm³/mol. The molecule has 2 aromatic rings. The van der Waals surface area contributed by atoms with Crippen LogP contribution in [0.4, 0.5) is 5.69 Å². The maximum atomic E-state index is 11.0. The fourth-order valence-corrected chi connectivity index (χ4v) is 1.75. The molecule has 0 saturated heterocycles. The van der Waals surface area contributed by atoms with Gasteiger partial charge in [0.1, 0.15) is 0 Å². The Bertz CT molecular complexity index is 549. The van der Waals surface area contributed by atoms with Crippen molar-refractivity contribution in [2.75, 3.05) is 0 Å². The molecule has 2 aromatic heterocycles. The molecule has 0 aromatic carbocycles. The highest BCUT2D eigenvalue weighted by Gasteiger charge is 2.18. The number of pyridine rings is 1. The third kappa shape index (κ3) is 2.15. The van der Waals surface area contributed by atoms with Crippen LogP contribution in [0.15, 0.2) is 24.7 Å². The van der Waals surface area contributed by atoms with Gasteiger partial charge in [0.2, 0.25) is 0 Å². The van der Waals surface area contributed by atoms with Crippen molar-refractivity contribution >= 4 is 5.69 Å². The van der Waals surface area contributed by atoms with Crippen LogP contribution in [0.25, 0.3) is 0 Å². The summed E-state index contributed by atoms with van der Waals surface area (Å²) in [6, 6.07) is 1.80. The SMILES string of the molecule is Cc1cnc(Cn2cccn2)c(C)c1[N+](=O)[O-]. The van der Waals surface area contributed by atoms with E-state index in [1.165, 1.54) is 6.20 Å². The molecule has 88 valence electrons. The summed E-state index contributed by atoms with van der Waals surface area (Å²) in [7, 11) is 0. The topological polar surface area (TPSA) is 73.8 Å². The highest BCUT2D eigenvalue weighted by molar-refractivity contribution is 5.47. The van der Waals surface area contributed by atoms with Crippen LogP contribution in [-0.2, 0) is 6.54 Å². The van der Waals surface area contributed by atoms with Crippen molar-refractivity contribution in [1.82, 2.24) is 14.8 Å². The van der Waals surface area contributed by atoms with Crippen molar-refractivity contribution in [3.05, 3.63) is 51.6 Å². The molecule has 0 spiro atoms. The van der Waals surface area contributed by atoms with Gasteiger partial charge in [-0.1, -0.05) is 0 Å². The van der Waals surface area contributed by atoms with Crippen LogP contribution in [0, 0.1) is 24.0 Å². The van der Waals surface area contributed by atoms with Gasteiger partial charge in [-0.3, -0.25) is 19.8 Å². The highest BCUT2D eigenvalue weighted by Crippen LogP contribution is 2.24. The minimum atomic E-state index is -0.362. The zero-order chi connectivity index (χ0) is 12.4. The molecular formula is C11H12N4O2. The van der Waals surface area contributed by atoms with Crippen molar-refractivity contribution in [1.29, 1.82) is 0 Å². The predicted octanol–water partition coefficient (Wildman–Crippen LogP) is 1.85. The third-order valence-corrected chi connectivity index (χ3v) is 2.63. The van der Waals surface area contributed by atoms with Crippen molar-refractivity contribution in [2.24, 2.45) is 0 Å². The number of hydrogen-bond donors (Lipinski definition) is 0. The number of nitro groups is 1. The van der Waals surface area contributed by atoms with Crippen LogP contribution in [0.1, 0.15) is 16.8 Å². The molecule has 0 saturated carbocycles. The van der Waals surface area contributed by atoms with Gasteiger partial charge in [-0.25, -0.2) is 0 Å². The Morgan fingerprint density at radius 1 is 1.47 bits per heavy atom. The summed E-state index contributed by atoms with van der Waals surface area (Å²) < 4.78 is 1.69. The summed E-state index contributed by atoms with van der Waals surface area (Å²) in [6.45, 7) is 3.85. The van der Waals surface area contributed by atoms with Gasteiger partial charge in [0, 0.05) is 24.2 Å². The second-order valence-electron chi connectivity index (χ2n) is 3.82. The van der Waals surface area contributed by atoms with Crippen molar-refractivity contribution in [2.45, 2.75) is 20.4 Å². The molecule has 0 unspecified atom stereocenters. The molecule has 0 aliphatic carbocycles. The summed E-state index contributed by atoms with van der Waals surface area (Å²) in [5, 5.41) is 15.0. The molecule has 2 heterocycles. The number of rotatable bonds is 3. The van der Waals surface area contributed by atoms with Gasteiger partial charge < -0.3 is 0 Å². The minimum absolute atomic E-state index is 0.141. The standard InChI is InChI=1S/C11H12N4O2/c1-8-6-12-10(7-14-5-3-4-13-14)9(2)11(8)15(16)17/h3-6H,7H2,1-2H3. The summed E-state index contributed by atoms with van der Waals surface area (Å²) in [5.41, 5.74) is 2.00. The van der Waals surface area contributed by atoms with Crippen LogP contribution < -0.4 is 0 Å².